The van der Waals surface area contributed by atoms with E-state index in [0.29, 0.717) is 12.5 Å². The van der Waals surface area contributed by atoms with E-state index in [1.54, 1.807) is 0 Å². The Morgan fingerprint density at radius 2 is 2.11 bits per heavy atom. The molecule has 0 bridgehead atoms. The first kappa shape index (κ1) is 15.4. The highest BCUT2D eigenvalue weighted by Gasteiger charge is 2.28. The predicted molar refractivity (Wildman–Crippen MR) is 73.1 cm³/mol. The van der Waals surface area contributed by atoms with Gasteiger partial charge in [0.15, 0.2) is 0 Å². The highest BCUT2D eigenvalue weighted by Crippen LogP contribution is 2.29. The van der Waals surface area contributed by atoms with Crippen molar-refractivity contribution < 1.29 is 9.90 Å². The molecule has 0 radical (unpaired) electrons. The van der Waals surface area contributed by atoms with Crippen LogP contribution in [0.15, 0.2) is 0 Å². The van der Waals surface area contributed by atoms with E-state index in [0.717, 1.165) is 45.1 Å². The number of carbonyl (C=O) groups is 1. The molecule has 0 aromatic rings. The molecular weight excluding hydrogens is 228 g/mol. The molecule has 0 aliphatic heterocycles. The standard InChI is InChI=1S/C14H28N2O2/c1-16(8-3-2-4-9-17)14(18)13-7-5-6-12(10-13)11-15/h12-13,17H,2-11,15H2,1H3. The van der Waals surface area contributed by atoms with Crippen molar-refractivity contribution in [2.45, 2.75) is 44.9 Å². The molecule has 2 atom stereocenters. The summed E-state index contributed by atoms with van der Waals surface area (Å²) < 4.78 is 0. The van der Waals surface area contributed by atoms with Gasteiger partial charge in [-0.2, -0.15) is 0 Å². The van der Waals surface area contributed by atoms with Gasteiger partial charge in [-0.15, -0.1) is 0 Å². The zero-order valence-electron chi connectivity index (χ0n) is 11.6. The van der Waals surface area contributed by atoms with Gasteiger partial charge in [0.05, 0.1) is 0 Å². The van der Waals surface area contributed by atoms with Gasteiger partial charge in [-0.05, 0) is 51.0 Å². The summed E-state index contributed by atoms with van der Waals surface area (Å²) >= 11 is 0. The zero-order chi connectivity index (χ0) is 13.4. The molecule has 0 spiro atoms. The Balaban J connectivity index is 2.29. The Morgan fingerprint density at radius 3 is 2.78 bits per heavy atom. The molecule has 0 aromatic carbocycles. The maximum atomic E-state index is 12.3. The van der Waals surface area contributed by atoms with Crippen LogP contribution in [0.2, 0.25) is 0 Å². The number of hydrogen-bond donors (Lipinski definition) is 2. The number of amides is 1. The summed E-state index contributed by atoms with van der Waals surface area (Å²) in [5.41, 5.74) is 5.71. The molecule has 1 saturated carbocycles. The van der Waals surface area contributed by atoms with Crippen LogP contribution in [-0.4, -0.2) is 42.7 Å². The van der Waals surface area contributed by atoms with Gasteiger partial charge in [0.25, 0.3) is 0 Å². The Labute approximate surface area is 111 Å². The molecule has 0 heterocycles. The van der Waals surface area contributed by atoms with E-state index in [1.165, 1.54) is 6.42 Å². The first-order valence-corrected chi connectivity index (χ1v) is 7.25. The zero-order valence-corrected chi connectivity index (χ0v) is 11.6. The summed E-state index contributed by atoms with van der Waals surface area (Å²) in [5, 5.41) is 8.71. The average molecular weight is 256 g/mol. The summed E-state index contributed by atoms with van der Waals surface area (Å²) in [5.74, 6) is 1.02. The number of unbranched alkanes of at least 4 members (excludes halogenated alkanes) is 2. The minimum absolute atomic E-state index is 0.190. The molecule has 4 heteroatoms. The summed E-state index contributed by atoms with van der Waals surface area (Å²) in [6.45, 7) is 1.77. The van der Waals surface area contributed by atoms with E-state index in [4.69, 9.17) is 10.8 Å². The van der Waals surface area contributed by atoms with Crippen molar-refractivity contribution in [2.24, 2.45) is 17.6 Å². The van der Waals surface area contributed by atoms with Gasteiger partial charge in [-0.1, -0.05) is 6.42 Å². The summed E-state index contributed by atoms with van der Waals surface area (Å²) in [6.07, 6.45) is 7.12. The van der Waals surface area contributed by atoms with Gasteiger partial charge in [-0.3, -0.25) is 4.79 Å². The fourth-order valence-corrected chi connectivity index (χ4v) is 2.79. The number of nitrogens with two attached hydrogens (primary N) is 1. The Hall–Kier alpha value is -0.610. The van der Waals surface area contributed by atoms with Gasteiger partial charge in [0.1, 0.15) is 0 Å². The van der Waals surface area contributed by atoms with Crippen LogP contribution >= 0.6 is 0 Å². The third-order valence-electron chi connectivity index (χ3n) is 3.99. The van der Waals surface area contributed by atoms with E-state index in [2.05, 4.69) is 0 Å². The third kappa shape index (κ3) is 4.94. The summed E-state index contributed by atoms with van der Waals surface area (Å²) in [6, 6.07) is 0. The topological polar surface area (TPSA) is 66.6 Å². The number of nitrogens with zero attached hydrogens (tertiary/aromatic N) is 1. The molecule has 1 fully saturated rings. The molecule has 4 nitrogen and oxygen atoms in total. The van der Waals surface area contributed by atoms with E-state index in [-0.39, 0.29) is 18.4 Å². The number of aliphatic hydroxyl groups excluding tert-OH is 1. The molecule has 1 amide bonds. The van der Waals surface area contributed by atoms with Crippen LogP contribution in [0.4, 0.5) is 0 Å². The fourth-order valence-electron chi connectivity index (χ4n) is 2.79. The second-order valence-electron chi connectivity index (χ2n) is 5.51. The lowest BCUT2D eigenvalue weighted by Crippen LogP contribution is -2.37. The molecule has 1 aliphatic carbocycles. The van der Waals surface area contributed by atoms with E-state index < -0.39 is 0 Å². The molecular formula is C14H28N2O2. The molecule has 1 aliphatic rings. The average Bonchev–Trinajstić information content (AvgIpc) is 2.42. The largest absolute Gasteiger partial charge is 0.396 e. The van der Waals surface area contributed by atoms with E-state index in [9.17, 15) is 4.79 Å². The normalized spacial score (nSPS) is 23.9. The van der Waals surface area contributed by atoms with Gasteiger partial charge in [0, 0.05) is 26.1 Å². The molecule has 0 aromatic heterocycles. The molecule has 106 valence electrons. The lowest BCUT2D eigenvalue weighted by molar-refractivity contribution is -0.135. The number of aliphatic hydroxyl groups is 1. The monoisotopic (exact) mass is 256 g/mol. The summed E-state index contributed by atoms with van der Waals surface area (Å²) in [7, 11) is 1.90. The molecule has 0 saturated heterocycles. The van der Waals surface area contributed by atoms with Crippen molar-refractivity contribution in [3.8, 4) is 0 Å². The van der Waals surface area contributed by atoms with Crippen molar-refractivity contribution in [3.63, 3.8) is 0 Å². The second-order valence-corrected chi connectivity index (χ2v) is 5.51. The lowest BCUT2D eigenvalue weighted by atomic mass is 9.81. The van der Waals surface area contributed by atoms with E-state index in [1.807, 2.05) is 11.9 Å². The van der Waals surface area contributed by atoms with E-state index >= 15 is 0 Å². The van der Waals surface area contributed by atoms with Gasteiger partial charge in [-0.25, -0.2) is 0 Å². The highest BCUT2D eigenvalue weighted by atomic mass is 16.2. The van der Waals surface area contributed by atoms with Crippen LogP contribution in [0.3, 0.4) is 0 Å². The smallest absolute Gasteiger partial charge is 0.225 e. The Kier molecular flexibility index (Phi) is 7.28. The van der Waals surface area contributed by atoms with Crippen molar-refractivity contribution in [2.75, 3.05) is 26.7 Å². The maximum Gasteiger partial charge on any atom is 0.225 e. The van der Waals surface area contributed by atoms with Crippen LogP contribution < -0.4 is 5.73 Å². The Bertz CT molecular complexity index is 246. The minimum Gasteiger partial charge on any atom is -0.396 e. The third-order valence-corrected chi connectivity index (χ3v) is 3.99. The highest BCUT2D eigenvalue weighted by molar-refractivity contribution is 5.78. The minimum atomic E-state index is 0.190. The summed E-state index contributed by atoms with van der Waals surface area (Å²) in [4.78, 5) is 14.1. The Morgan fingerprint density at radius 1 is 1.33 bits per heavy atom. The van der Waals surface area contributed by atoms with Crippen LogP contribution in [0, 0.1) is 11.8 Å². The van der Waals surface area contributed by atoms with Crippen LogP contribution in [0.5, 0.6) is 0 Å². The number of carbonyl (C=O) groups excluding carboxylic acids is 1. The quantitative estimate of drug-likeness (QED) is 0.676. The number of rotatable bonds is 7. The molecule has 18 heavy (non-hydrogen) atoms. The predicted octanol–water partition coefficient (Wildman–Crippen LogP) is 1.37. The van der Waals surface area contributed by atoms with Crippen molar-refractivity contribution in [1.29, 1.82) is 0 Å². The number of hydrogen-bond acceptors (Lipinski definition) is 3. The maximum absolute atomic E-state index is 12.3. The van der Waals surface area contributed by atoms with Gasteiger partial charge < -0.3 is 15.7 Å². The van der Waals surface area contributed by atoms with Crippen molar-refractivity contribution >= 4 is 5.91 Å². The van der Waals surface area contributed by atoms with Crippen LogP contribution in [0.1, 0.15) is 44.9 Å². The van der Waals surface area contributed by atoms with Crippen LogP contribution in [-0.2, 0) is 4.79 Å². The first-order valence-electron chi connectivity index (χ1n) is 7.25. The first-order chi connectivity index (χ1) is 8.69. The van der Waals surface area contributed by atoms with Crippen LogP contribution in [0.25, 0.3) is 0 Å². The van der Waals surface area contributed by atoms with Gasteiger partial charge >= 0.3 is 0 Å². The molecule has 1 rings (SSSR count). The molecule has 3 N–H and O–H groups in total. The van der Waals surface area contributed by atoms with Crippen molar-refractivity contribution in [1.82, 2.24) is 4.90 Å². The van der Waals surface area contributed by atoms with Crippen molar-refractivity contribution in [3.05, 3.63) is 0 Å². The second kappa shape index (κ2) is 8.48. The SMILES string of the molecule is CN(CCCCCO)C(=O)C1CCCC(CN)C1. The molecule has 2 unspecified atom stereocenters. The van der Waals surface area contributed by atoms with Gasteiger partial charge in [0.2, 0.25) is 5.91 Å². The fraction of sp³-hybridized carbons (Fsp3) is 0.929. The lowest BCUT2D eigenvalue weighted by Gasteiger charge is -2.30.